The molecular weight excluding hydrogens is 290 g/mol. The number of nitro groups is 1. The molecule has 3 N–H and O–H groups in total. The molecule has 1 saturated carbocycles. The van der Waals surface area contributed by atoms with Crippen LogP contribution < -0.4 is 11.1 Å². The second kappa shape index (κ2) is 6.80. The molecule has 1 aromatic rings. The standard InChI is InChI=1S/C14H19N3O3S/c1-21-13-5-3-2-4-11(13)16-14(18)9-6-7-10(15)12(8-9)17(19)20/h6-8,11,13H,2-5,15H2,1H3,(H,16,18)/t11-,13+/m1/s1. The Labute approximate surface area is 127 Å². The molecular formula is C14H19N3O3S. The summed E-state index contributed by atoms with van der Waals surface area (Å²) >= 11 is 1.76. The number of nitrogens with zero attached hydrogens (tertiary/aromatic N) is 1. The summed E-state index contributed by atoms with van der Waals surface area (Å²) in [5, 5.41) is 14.3. The molecule has 0 aliphatic heterocycles. The predicted molar refractivity (Wildman–Crippen MR) is 84.5 cm³/mol. The molecule has 0 heterocycles. The van der Waals surface area contributed by atoms with Gasteiger partial charge in [0.25, 0.3) is 11.6 Å². The fourth-order valence-corrected chi connectivity index (χ4v) is 3.57. The first-order valence-corrected chi connectivity index (χ1v) is 8.19. The van der Waals surface area contributed by atoms with Crippen LogP contribution in [0.4, 0.5) is 11.4 Å². The molecule has 2 atom stereocenters. The molecule has 1 aliphatic carbocycles. The highest BCUT2D eigenvalue weighted by Crippen LogP contribution is 2.28. The minimum atomic E-state index is -0.572. The van der Waals surface area contributed by atoms with Crippen LogP contribution in [0, 0.1) is 10.1 Å². The van der Waals surface area contributed by atoms with E-state index in [0.29, 0.717) is 5.25 Å². The Hall–Kier alpha value is -1.76. The molecule has 0 bridgehead atoms. The van der Waals surface area contributed by atoms with Gasteiger partial charge in [0, 0.05) is 22.9 Å². The van der Waals surface area contributed by atoms with Crippen molar-refractivity contribution in [3.8, 4) is 0 Å². The maximum Gasteiger partial charge on any atom is 0.292 e. The molecule has 114 valence electrons. The highest BCUT2D eigenvalue weighted by molar-refractivity contribution is 7.99. The Morgan fingerprint density at radius 2 is 2.14 bits per heavy atom. The zero-order chi connectivity index (χ0) is 15.4. The fraction of sp³-hybridized carbons (Fsp3) is 0.500. The van der Waals surface area contributed by atoms with Crippen LogP contribution >= 0.6 is 11.8 Å². The van der Waals surface area contributed by atoms with Gasteiger partial charge < -0.3 is 11.1 Å². The third-order valence-corrected chi connectivity index (χ3v) is 4.98. The Balaban J connectivity index is 2.13. The van der Waals surface area contributed by atoms with Crippen molar-refractivity contribution in [2.75, 3.05) is 12.0 Å². The summed E-state index contributed by atoms with van der Waals surface area (Å²) in [5.74, 6) is -0.274. The number of benzene rings is 1. The number of anilines is 1. The van der Waals surface area contributed by atoms with E-state index in [9.17, 15) is 14.9 Å². The first-order valence-electron chi connectivity index (χ1n) is 6.90. The normalized spacial score (nSPS) is 21.8. The number of carbonyl (C=O) groups is 1. The van der Waals surface area contributed by atoms with Crippen LogP contribution in [-0.2, 0) is 0 Å². The van der Waals surface area contributed by atoms with Crippen LogP contribution in [0.3, 0.4) is 0 Å². The van der Waals surface area contributed by atoms with E-state index in [0.717, 1.165) is 19.3 Å². The second-order valence-corrected chi connectivity index (χ2v) is 6.25. The number of hydrogen-bond donors (Lipinski definition) is 2. The number of nitrogen functional groups attached to an aromatic ring is 1. The smallest absolute Gasteiger partial charge is 0.292 e. The molecule has 0 saturated heterocycles. The Morgan fingerprint density at radius 3 is 2.81 bits per heavy atom. The molecule has 1 aliphatic rings. The molecule has 1 aromatic carbocycles. The van der Waals surface area contributed by atoms with Crippen LogP contribution in [-0.4, -0.2) is 28.4 Å². The fourth-order valence-electron chi connectivity index (χ4n) is 2.64. The summed E-state index contributed by atoms with van der Waals surface area (Å²) < 4.78 is 0. The molecule has 0 aromatic heterocycles. The van der Waals surface area contributed by atoms with Gasteiger partial charge in [0.15, 0.2) is 0 Å². The lowest BCUT2D eigenvalue weighted by Crippen LogP contribution is -2.43. The molecule has 2 rings (SSSR count). The third kappa shape index (κ3) is 3.66. The van der Waals surface area contributed by atoms with Crippen molar-refractivity contribution >= 4 is 29.0 Å². The van der Waals surface area contributed by atoms with Gasteiger partial charge in [-0.05, 0) is 31.2 Å². The Kier molecular flexibility index (Phi) is 5.06. The number of amides is 1. The number of thioether (sulfide) groups is 1. The Morgan fingerprint density at radius 1 is 1.43 bits per heavy atom. The number of carbonyl (C=O) groups excluding carboxylic acids is 1. The molecule has 0 radical (unpaired) electrons. The summed E-state index contributed by atoms with van der Waals surface area (Å²) in [7, 11) is 0. The summed E-state index contributed by atoms with van der Waals surface area (Å²) in [5.41, 5.74) is 5.66. The number of nitro benzene ring substituents is 1. The quantitative estimate of drug-likeness (QED) is 0.506. The lowest BCUT2D eigenvalue weighted by molar-refractivity contribution is -0.383. The van der Waals surface area contributed by atoms with E-state index in [1.54, 1.807) is 11.8 Å². The van der Waals surface area contributed by atoms with Gasteiger partial charge in [-0.3, -0.25) is 14.9 Å². The van der Waals surface area contributed by atoms with Crippen LogP contribution in [0.15, 0.2) is 18.2 Å². The minimum absolute atomic E-state index is 0.0659. The van der Waals surface area contributed by atoms with E-state index in [1.165, 1.54) is 24.6 Å². The van der Waals surface area contributed by atoms with Crippen LogP contribution in [0.2, 0.25) is 0 Å². The number of rotatable bonds is 4. The number of nitrogens with one attached hydrogen (secondary N) is 1. The van der Waals surface area contributed by atoms with Gasteiger partial charge in [0.1, 0.15) is 5.69 Å². The van der Waals surface area contributed by atoms with E-state index in [2.05, 4.69) is 5.32 Å². The number of hydrogen-bond acceptors (Lipinski definition) is 5. The van der Waals surface area contributed by atoms with E-state index in [4.69, 9.17) is 5.73 Å². The van der Waals surface area contributed by atoms with Crippen molar-refractivity contribution < 1.29 is 9.72 Å². The summed E-state index contributed by atoms with van der Waals surface area (Å²) in [4.78, 5) is 22.6. The van der Waals surface area contributed by atoms with Gasteiger partial charge in [-0.25, -0.2) is 0 Å². The van der Waals surface area contributed by atoms with Gasteiger partial charge in [0.05, 0.1) is 4.92 Å². The molecule has 6 nitrogen and oxygen atoms in total. The van der Waals surface area contributed by atoms with Crippen molar-refractivity contribution in [2.45, 2.75) is 37.0 Å². The van der Waals surface area contributed by atoms with Crippen molar-refractivity contribution in [3.05, 3.63) is 33.9 Å². The summed E-state index contributed by atoms with van der Waals surface area (Å²) in [6, 6.07) is 4.29. The maximum absolute atomic E-state index is 12.3. The van der Waals surface area contributed by atoms with E-state index < -0.39 is 4.92 Å². The number of nitrogens with two attached hydrogens (primary N) is 1. The van der Waals surface area contributed by atoms with Gasteiger partial charge in [-0.15, -0.1) is 0 Å². The lowest BCUT2D eigenvalue weighted by atomic mass is 9.94. The molecule has 7 heteroatoms. The first kappa shape index (κ1) is 15.6. The average molecular weight is 309 g/mol. The first-order chi connectivity index (χ1) is 10.0. The highest BCUT2D eigenvalue weighted by Gasteiger charge is 2.26. The topological polar surface area (TPSA) is 98.3 Å². The van der Waals surface area contributed by atoms with Crippen LogP contribution in [0.1, 0.15) is 36.0 Å². The monoisotopic (exact) mass is 309 g/mol. The van der Waals surface area contributed by atoms with Crippen molar-refractivity contribution in [1.82, 2.24) is 5.32 Å². The molecule has 0 spiro atoms. The van der Waals surface area contributed by atoms with Gasteiger partial charge in [-0.2, -0.15) is 11.8 Å². The second-order valence-electron chi connectivity index (χ2n) is 5.17. The predicted octanol–water partition coefficient (Wildman–Crippen LogP) is 2.58. The summed E-state index contributed by atoms with van der Waals surface area (Å²) in [6.07, 6.45) is 6.38. The highest BCUT2D eigenvalue weighted by atomic mass is 32.2. The molecule has 0 unspecified atom stereocenters. The zero-order valence-corrected chi connectivity index (χ0v) is 12.7. The van der Waals surface area contributed by atoms with E-state index >= 15 is 0 Å². The molecule has 1 amide bonds. The zero-order valence-electron chi connectivity index (χ0n) is 11.9. The largest absolute Gasteiger partial charge is 0.393 e. The van der Waals surface area contributed by atoms with E-state index in [1.807, 2.05) is 6.26 Å². The molecule has 1 fully saturated rings. The van der Waals surface area contributed by atoms with Gasteiger partial charge in [0.2, 0.25) is 0 Å². The SMILES string of the molecule is CS[C@H]1CCCC[C@H]1NC(=O)c1ccc(N)c([N+](=O)[O-])c1. The summed E-state index contributed by atoms with van der Waals surface area (Å²) in [6.45, 7) is 0. The average Bonchev–Trinajstić information content (AvgIpc) is 2.47. The third-order valence-electron chi connectivity index (χ3n) is 3.81. The van der Waals surface area contributed by atoms with Gasteiger partial charge in [-0.1, -0.05) is 12.8 Å². The van der Waals surface area contributed by atoms with Crippen molar-refractivity contribution in [2.24, 2.45) is 0 Å². The van der Waals surface area contributed by atoms with E-state index in [-0.39, 0.29) is 28.9 Å². The van der Waals surface area contributed by atoms with Crippen molar-refractivity contribution in [1.29, 1.82) is 0 Å². The van der Waals surface area contributed by atoms with Crippen LogP contribution in [0.5, 0.6) is 0 Å². The Bertz CT molecular complexity index is 550. The lowest BCUT2D eigenvalue weighted by Gasteiger charge is -2.30. The molecule has 21 heavy (non-hydrogen) atoms. The van der Waals surface area contributed by atoms with Crippen molar-refractivity contribution in [3.63, 3.8) is 0 Å². The van der Waals surface area contributed by atoms with Gasteiger partial charge >= 0.3 is 0 Å². The van der Waals surface area contributed by atoms with Crippen LogP contribution in [0.25, 0.3) is 0 Å². The maximum atomic E-state index is 12.3. The minimum Gasteiger partial charge on any atom is -0.393 e.